The molecule has 0 aliphatic rings. The summed E-state index contributed by atoms with van der Waals surface area (Å²) in [5.74, 6) is -5.98. The Kier molecular flexibility index (Phi) is 3.52. The molecular weight excluding hydrogens is 289 g/mol. The van der Waals surface area contributed by atoms with Gasteiger partial charge < -0.3 is 0 Å². The summed E-state index contributed by atoms with van der Waals surface area (Å²) in [4.78, 5) is 22.0. The monoisotopic (exact) mass is 294 g/mol. The molecule has 0 spiro atoms. The van der Waals surface area contributed by atoms with Gasteiger partial charge in [-0.25, -0.2) is 13.2 Å². The number of halogens is 4. The van der Waals surface area contributed by atoms with Crippen molar-refractivity contribution in [2.75, 3.05) is 0 Å². The van der Waals surface area contributed by atoms with Gasteiger partial charge in [0.25, 0.3) is 0 Å². The second kappa shape index (κ2) is 4.37. The second-order valence-corrected chi connectivity index (χ2v) is 3.91. The van der Waals surface area contributed by atoms with Crippen LogP contribution in [0.5, 0.6) is 0 Å². The predicted molar refractivity (Wildman–Crippen MR) is 54.0 cm³/mol. The van der Waals surface area contributed by atoms with Crippen molar-refractivity contribution in [3.05, 3.63) is 33.1 Å². The Bertz CT molecular complexity index is 456. The average molecular weight is 295 g/mol. The molecule has 2 nitrogen and oxygen atoms in total. The highest BCUT2D eigenvalue weighted by molar-refractivity contribution is 9.10. The topological polar surface area (TPSA) is 34.1 Å². The van der Waals surface area contributed by atoms with Crippen molar-refractivity contribution in [1.29, 1.82) is 0 Å². The zero-order valence-corrected chi connectivity index (χ0v) is 9.91. The summed E-state index contributed by atoms with van der Waals surface area (Å²) in [5, 5.41) is 0. The lowest BCUT2D eigenvalue weighted by Crippen LogP contribution is -2.12. The van der Waals surface area contributed by atoms with E-state index in [0.717, 1.165) is 13.8 Å². The molecule has 6 heteroatoms. The van der Waals surface area contributed by atoms with E-state index in [9.17, 15) is 22.8 Å². The van der Waals surface area contributed by atoms with Crippen LogP contribution < -0.4 is 0 Å². The van der Waals surface area contributed by atoms with Crippen LogP contribution in [-0.2, 0) is 0 Å². The summed E-state index contributed by atoms with van der Waals surface area (Å²) in [6.07, 6.45) is 0. The molecule has 86 valence electrons. The lowest BCUT2D eigenvalue weighted by molar-refractivity contribution is 0.100. The summed E-state index contributed by atoms with van der Waals surface area (Å²) in [6.45, 7) is 1.85. The Morgan fingerprint density at radius 2 is 1.19 bits per heavy atom. The van der Waals surface area contributed by atoms with Gasteiger partial charge in [-0.1, -0.05) is 0 Å². The third-order valence-corrected chi connectivity index (χ3v) is 2.66. The van der Waals surface area contributed by atoms with Crippen molar-refractivity contribution >= 4 is 27.5 Å². The molecule has 1 rings (SSSR count). The zero-order chi connectivity index (χ0) is 12.6. The lowest BCUT2D eigenvalue weighted by atomic mass is 10.0. The molecule has 0 heterocycles. The highest BCUT2D eigenvalue weighted by atomic mass is 79.9. The van der Waals surface area contributed by atoms with E-state index >= 15 is 0 Å². The van der Waals surface area contributed by atoms with E-state index < -0.39 is 44.6 Å². The molecule has 0 aromatic heterocycles. The van der Waals surface area contributed by atoms with Crippen LogP contribution in [0.1, 0.15) is 34.6 Å². The molecule has 0 aliphatic carbocycles. The molecule has 16 heavy (non-hydrogen) atoms. The normalized spacial score (nSPS) is 10.4. The number of rotatable bonds is 2. The van der Waals surface area contributed by atoms with Gasteiger partial charge >= 0.3 is 0 Å². The first-order valence-electron chi connectivity index (χ1n) is 4.16. The quantitative estimate of drug-likeness (QED) is 0.477. The van der Waals surface area contributed by atoms with E-state index in [4.69, 9.17) is 0 Å². The number of carbonyl (C=O) groups is 2. The number of benzene rings is 1. The van der Waals surface area contributed by atoms with Crippen molar-refractivity contribution in [3.8, 4) is 0 Å². The largest absolute Gasteiger partial charge is 0.294 e. The van der Waals surface area contributed by atoms with E-state index in [1.54, 1.807) is 0 Å². The van der Waals surface area contributed by atoms with Crippen LogP contribution in [0, 0.1) is 17.5 Å². The Balaban J connectivity index is 3.80. The van der Waals surface area contributed by atoms with Gasteiger partial charge in [0.1, 0.15) is 0 Å². The smallest absolute Gasteiger partial charge is 0.165 e. The van der Waals surface area contributed by atoms with Crippen molar-refractivity contribution in [1.82, 2.24) is 0 Å². The molecule has 1 aromatic rings. The minimum Gasteiger partial charge on any atom is -0.294 e. The molecule has 0 atom stereocenters. The second-order valence-electron chi connectivity index (χ2n) is 3.12. The van der Waals surface area contributed by atoms with Crippen LogP contribution in [0.4, 0.5) is 13.2 Å². The van der Waals surface area contributed by atoms with Crippen LogP contribution in [0.2, 0.25) is 0 Å². The van der Waals surface area contributed by atoms with Gasteiger partial charge in [-0.3, -0.25) is 9.59 Å². The maximum atomic E-state index is 13.5. The Hall–Kier alpha value is -1.17. The fourth-order valence-corrected chi connectivity index (χ4v) is 1.65. The number of ketones is 2. The Labute approximate surface area is 97.6 Å². The van der Waals surface area contributed by atoms with Crippen LogP contribution >= 0.6 is 15.9 Å². The highest BCUT2D eigenvalue weighted by Crippen LogP contribution is 2.29. The third kappa shape index (κ3) is 1.89. The first kappa shape index (κ1) is 12.9. The molecule has 0 saturated carbocycles. The number of hydrogen-bond acceptors (Lipinski definition) is 2. The Morgan fingerprint density at radius 1 is 0.875 bits per heavy atom. The summed E-state index contributed by atoms with van der Waals surface area (Å²) in [7, 11) is 0. The van der Waals surface area contributed by atoms with Gasteiger partial charge in [-0.05, 0) is 29.8 Å². The summed E-state index contributed by atoms with van der Waals surface area (Å²) in [6, 6.07) is 0. The first-order chi connectivity index (χ1) is 7.29. The standard InChI is InChI=1S/C10H6BrF3O2/c1-3(15)5-8(12)6(4(2)16)10(14)7(11)9(5)13/h1-2H3. The molecule has 0 unspecified atom stereocenters. The lowest BCUT2D eigenvalue weighted by Gasteiger charge is -2.08. The van der Waals surface area contributed by atoms with Gasteiger partial charge in [0.2, 0.25) is 0 Å². The number of hydrogen-bond donors (Lipinski definition) is 0. The van der Waals surface area contributed by atoms with E-state index in [-0.39, 0.29) is 0 Å². The van der Waals surface area contributed by atoms with Crippen molar-refractivity contribution in [2.45, 2.75) is 13.8 Å². The fraction of sp³-hybridized carbons (Fsp3) is 0.200. The van der Waals surface area contributed by atoms with Crippen molar-refractivity contribution < 1.29 is 22.8 Å². The molecule has 0 bridgehead atoms. The van der Waals surface area contributed by atoms with E-state index in [0.29, 0.717) is 0 Å². The minimum absolute atomic E-state index is 0.718. The first-order valence-corrected chi connectivity index (χ1v) is 4.96. The number of carbonyl (C=O) groups excluding carboxylic acids is 2. The summed E-state index contributed by atoms with van der Waals surface area (Å²) in [5.41, 5.74) is -1.84. The minimum atomic E-state index is -1.46. The average Bonchev–Trinajstić information content (AvgIpc) is 2.13. The molecule has 1 aromatic carbocycles. The predicted octanol–water partition coefficient (Wildman–Crippen LogP) is 3.27. The van der Waals surface area contributed by atoms with Crippen LogP contribution in [-0.4, -0.2) is 11.6 Å². The SMILES string of the molecule is CC(=O)c1c(F)c(Br)c(F)c(C(C)=O)c1F. The third-order valence-electron chi connectivity index (χ3n) is 1.97. The summed E-state index contributed by atoms with van der Waals surface area (Å²) < 4.78 is 39.5. The van der Waals surface area contributed by atoms with Crippen LogP contribution in [0.15, 0.2) is 4.47 Å². The van der Waals surface area contributed by atoms with Crippen molar-refractivity contribution in [2.24, 2.45) is 0 Å². The molecule has 0 saturated heterocycles. The van der Waals surface area contributed by atoms with E-state index in [1.165, 1.54) is 0 Å². The molecule has 0 aliphatic heterocycles. The van der Waals surface area contributed by atoms with E-state index in [1.807, 2.05) is 0 Å². The zero-order valence-electron chi connectivity index (χ0n) is 8.33. The number of Topliss-reactive ketones (excluding diaryl/α,β-unsaturated/α-hetero) is 2. The van der Waals surface area contributed by atoms with Crippen LogP contribution in [0.25, 0.3) is 0 Å². The van der Waals surface area contributed by atoms with Gasteiger partial charge in [-0.2, -0.15) is 0 Å². The van der Waals surface area contributed by atoms with Gasteiger partial charge in [0, 0.05) is 0 Å². The van der Waals surface area contributed by atoms with Crippen molar-refractivity contribution in [3.63, 3.8) is 0 Å². The molecule has 0 radical (unpaired) electrons. The van der Waals surface area contributed by atoms with E-state index in [2.05, 4.69) is 15.9 Å². The molecule has 0 amide bonds. The molecular formula is C10H6BrF3O2. The fourth-order valence-electron chi connectivity index (χ4n) is 1.25. The van der Waals surface area contributed by atoms with Gasteiger partial charge in [0.15, 0.2) is 29.0 Å². The van der Waals surface area contributed by atoms with Gasteiger partial charge in [-0.15, -0.1) is 0 Å². The van der Waals surface area contributed by atoms with Gasteiger partial charge in [0.05, 0.1) is 15.6 Å². The highest BCUT2D eigenvalue weighted by Gasteiger charge is 2.27. The Morgan fingerprint density at radius 3 is 1.44 bits per heavy atom. The molecule has 0 fully saturated rings. The maximum Gasteiger partial charge on any atom is 0.165 e. The van der Waals surface area contributed by atoms with Crippen LogP contribution in [0.3, 0.4) is 0 Å². The molecule has 0 N–H and O–H groups in total. The summed E-state index contributed by atoms with van der Waals surface area (Å²) >= 11 is 2.53. The maximum absolute atomic E-state index is 13.5.